The van der Waals surface area contributed by atoms with Gasteiger partial charge in [-0.2, -0.15) is 5.10 Å². The van der Waals surface area contributed by atoms with Gasteiger partial charge in [-0.25, -0.2) is 9.50 Å². The van der Waals surface area contributed by atoms with Gasteiger partial charge in [0, 0.05) is 20.0 Å². The van der Waals surface area contributed by atoms with E-state index in [0.717, 1.165) is 27.9 Å². The zero-order valence-electron chi connectivity index (χ0n) is 14.2. The normalized spacial score (nSPS) is 11.3. The van der Waals surface area contributed by atoms with E-state index in [1.165, 1.54) is 0 Å². The van der Waals surface area contributed by atoms with E-state index in [2.05, 4.69) is 15.1 Å². The minimum atomic E-state index is -0.0541. The molecule has 1 amide bonds. The van der Waals surface area contributed by atoms with Crippen LogP contribution in [0.4, 0.5) is 0 Å². The minimum absolute atomic E-state index is 0.0541. The number of fused-ring (bicyclic) bond motifs is 2. The third kappa shape index (κ3) is 2.76. The van der Waals surface area contributed by atoms with E-state index < -0.39 is 0 Å². The van der Waals surface area contributed by atoms with Crippen LogP contribution in [-0.2, 0) is 6.42 Å². The molecule has 0 saturated heterocycles. The largest absolute Gasteiger partial charge is 0.342 e. The van der Waals surface area contributed by atoms with Crippen LogP contribution in [0.3, 0.4) is 0 Å². The molecule has 6 heteroatoms. The smallest absolute Gasteiger partial charge is 0.272 e. The first-order chi connectivity index (χ1) is 12.1. The van der Waals surface area contributed by atoms with Gasteiger partial charge in [0.05, 0.1) is 22.7 Å². The first kappa shape index (κ1) is 15.4. The first-order valence-corrected chi connectivity index (χ1v) is 8.26. The number of nitrogens with zero attached hydrogens (tertiary/aromatic N) is 4. The molecule has 0 fully saturated rings. The number of benzene rings is 1. The molecule has 0 aliphatic rings. The van der Waals surface area contributed by atoms with Crippen molar-refractivity contribution in [2.24, 2.45) is 0 Å². The van der Waals surface area contributed by atoms with Crippen molar-refractivity contribution in [2.45, 2.75) is 13.3 Å². The van der Waals surface area contributed by atoms with Gasteiger partial charge in [-0.1, -0.05) is 18.2 Å². The van der Waals surface area contributed by atoms with Crippen LogP contribution in [0, 0.1) is 6.92 Å². The molecule has 0 bridgehead atoms. The van der Waals surface area contributed by atoms with Crippen molar-refractivity contribution in [2.75, 3.05) is 13.6 Å². The van der Waals surface area contributed by atoms with E-state index in [9.17, 15) is 4.79 Å². The molecule has 4 aromatic rings. The first-order valence-electron chi connectivity index (χ1n) is 8.26. The lowest BCUT2D eigenvalue weighted by Gasteiger charge is -2.17. The van der Waals surface area contributed by atoms with E-state index >= 15 is 0 Å². The second-order valence-corrected chi connectivity index (χ2v) is 6.21. The quantitative estimate of drug-likeness (QED) is 0.624. The number of para-hydroxylation sites is 1. The standard InChI is InChI=1S/C19H19N5O/c1-13-5-3-7-15-18(13)22-17(21-15)10-12-23(2)19(25)16-8-4-6-14-9-11-20-24(14)16/h3-9,11H,10,12H2,1-2H3,(H,21,22). The van der Waals surface area contributed by atoms with Gasteiger partial charge in [-0.15, -0.1) is 0 Å². The van der Waals surface area contributed by atoms with Crippen molar-refractivity contribution < 1.29 is 4.79 Å². The highest BCUT2D eigenvalue weighted by Gasteiger charge is 2.16. The predicted molar refractivity (Wildman–Crippen MR) is 96.7 cm³/mol. The van der Waals surface area contributed by atoms with Gasteiger partial charge in [-0.05, 0) is 36.8 Å². The number of amides is 1. The summed E-state index contributed by atoms with van der Waals surface area (Å²) in [7, 11) is 1.80. The summed E-state index contributed by atoms with van der Waals surface area (Å²) in [4.78, 5) is 22.4. The molecule has 0 aliphatic carbocycles. The number of carbonyl (C=O) groups is 1. The van der Waals surface area contributed by atoms with Crippen LogP contribution in [0.15, 0.2) is 48.7 Å². The molecular weight excluding hydrogens is 314 g/mol. The number of aromatic amines is 1. The Morgan fingerprint density at radius 1 is 1.20 bits per heavy atom. The Hall–Kier alpha value is -3.15. The average Bonchev–Trinajstić information content (AvgIpc) is 3.25. The molecule has 1 N–H and O–H groups in total. The fraction of sp³-hybridized carbons (Fsp3) is 0.211. The van der Waals surface area contributed by atoms with Crippen molar-refractivity contribution in [3.05, 3.63) is 65.7 Å². The number of hydrogen-bond donors (Lipinski definition) is 1. The molecule has 126 valence electrons. The zero-order chi connectivity index (χ0) is 17.4. The highest BCUT2D eigenvalue weighted by atomic mass is 16.2. The highest BCUT2D eigenvalue weighted by Crippen LogP contribution is 2.16. The lowest BCUT2D eigenvalue weighted by molar-refractivity contribution is 0.0787. The molecule has 1 aromatic carbocycles. The molecule has 25 heavy (non-hydrogen) atoms. The van der Waals surface area contributed by atoms with Gasteiger partial charge in [-0.3, -0.25) is 4.79 Å². The lowest BCUT2D eigenvalue weighted by atomic mass is 10.2. The van der Waals surface area contributed by atoms with Gasteiger partial charge in [0.2, 0.25) is 0 Å². The Morgan fingerprint density at radius 3 is 2.88 bits per heavy atom. The van der Waals surface area contributed by atoms with Gasteiger partial charge in [0.25, 0.3) is 5.91 Å². The predicted octanol–water partition coefficient (Wildman–Crippen LogP) is 2.83. The molecule has 4 rings (SSSR count). The summed E-state index contributed by atoms with van der Waals surface area (Å²) in [6.45, 7) is 2.63. The molecule has 6 nitrogen and oxygen atoms in total. The molecule has 0 spiro atoms. The summed E-state index contributed by atoms with van der Waals surface area (Å²) >= 11 is 0. The van der Waals surface area contributed by atoms with Gasteiger partial charge in [0.15, 0.2) is 0 Å². The van der Waals surface area contributed by atoms with Crippen LogP contribution in [0.5, 0.6) is 0 Å². The van der Waals surface area contributed by atoms with Crippen LogP contribution < -0.4 is 0 Å². The zero-order valence-corrected chi connectivity index (χ0v) is 14.2. The fourth-order valence-corrected chi connectivity index (χ4v) is 3.03. The van der Waals surface area contributed by atoms with Crippen molar-refractivity contribution in [3.8, 4) is 0 Å². The molecule has 0 unspecified atom stereocenters. The minimum Gasteiger partial charge on any atom is -0.342 e. The van der Waals surface area contributed by atoms with E-state index in [0.29, 0.717) is 18.7 Å². The Balaban J connectivity index is 1.51. The molecule has 3 aromatic heterocycles. The molecule has 3 heterocycles. The summed E-state index contributed by atoms with van der Waals surface area (Å²) in [5, 5.41) is 4.23. The van der Waals surface area contributed by atoms with E-state index in [-0.39, 0.29) is 5.91 Å². The Bertz CT molecular complexity index is 1060. The lowest BCUT2D eigenvalue weighted by Crippen LogP contribution is -2.30. The van der Waals surface area contributed by atoms with Crippen LogP contribution in [0.2, 0.25) is 0 Å². The number of H-pyrrole nitrogens is 1. The third-order valence-electron chi connectivity index (χ3n) is 4.43. The van der Waals surface area contributed by atoms with Crippen molar-refractivity contribution in [1.82, 2.24) is 24.5 Å². The van der Waals surface area contributed by atoms with Gasteiger partial charge < -0.3 is 9.88 Å². The number of rotatable bonds is 4. The summed E-state index contributed by atoms with van der Waals surface area (Å²) in [6.07, 6.45) is 2.37. The Kier molecular flexibility index (Phi) is 3.72. The third-order valence-corrected chi connectivity index (χ3v) is 4.43. The van der Waals surface area contributed by atoms with Crippen molar-refractivity contribution >= 4 is 22.5 Å². The summed E-state index contributed by atoms with van der Waals surface area (Å²) < 4.78 is 1.67. The molecule has 0 atom stereocenters. The average molecular weight is 333 g/mol. The Labute approximate surface area is 145 Å². The molecule has 0 radical (unpaired) electrons. The fourth-order valence-electron chi connectivity index (χ4n) is 3.03. The maximum absolute atomic E-state index is 12.7. The highest BCUT2D eigenvalue weighted by molar-refractivity contribution is 5.93. The number of aromatic nitrogens is 4. The van der Waals surface area contributed by atoms with Crippen LogP contribution in [-0.4, -0.2) is 44.0 Å². The molecule has 0 aliphatic heterocycles. The maximum Gasteiger partial charge on any atom is 0.272 e. The van der Waals surface area contributed by atoms with E-state index in [4.69, 9.17) is 0 Å². The summed E-state index contributed by atoms with van der Waals surface area (Å²) in [5.74, 6) is 0.836. The number of nitrogens with one attached hydrogen (secondary N) is 1. The molecular formula is C19H19N5O. The van der Waals surface area contributed by atoms with Crippen molar-refractivity contribution in [1.29, 1.82) is 0 Å². The Morgan fingerprint density at radius 2 is 2.04 bits per heavy atom. The van der Waals surface area contributed by atoms with Crippen molar-refractivity contribution in [3.63, 3.8) is 0 Å². The monoisotopic (exact) mass is 333 g/mol. The van der Waals surface area contributed by atoms with Gasteiger partial charge >= 0.3 is 0 Å². The van der Waals surface area contributed by atoms with E-state index in [1.54, 1.807) is 28.7 Å². The molecule has 0 saturated carbocycles. The SMILES string of the molecule is Cc1cccc2[nH]c(CCN(C)C(=O)c3cccc4ccnn34)nc12. The maximum atomic E-state index is 12.7. The number of aryl methyl sites for hydroxylation is 1. The number of carbonyl (C=O) groups excluding carboxylic acids is 1. The second kappa shape index (κ2) is 6.05. The van der Waals surface area contributed by atoms with Crippen LogP contribution in [0.1, 0.15) is 21.9 Å². The summed E-state index contributed by atoms with van der Waals surface area (Å²) in [5.41, 5.74) is 4.64. The number of hydrogen-bond acceptors (Lipinski definition) is 3. The second-order valence-electron chi connectivity index (χ2n) is 6.21. The number of imidazole rings is 1. The number of pyridine rings is 1. The van der Waals surface area contributed by atoms with Crippen LogP contribution in [0.25, 0.3) is 16.6 Å². The summed E-state index contributed by atoms with van der Waals surface area (Å²) in [6, 6.07) is 13.6. The number of likely N-dealkylation sites (N-methyl/N-ethyl adjacent to an activating group) is 1. The van der Waals surface area contributed by atoms with Crippen LogP contribution >= 0.6 is 0 Å². The van der Waals surface area contributed by atoms with E-state index in [1.807, 2.05) is 43.3 Å². The topological polar surface area (TPSA) is 66.3 Å². The van der Waals surface area contributed by atoms with Gasteiger partial charge in [0.1, 0.15) is 11.5 Å².